The first-order valence-electron chi connectivity index (χ1n) is 2.93. The molecular formula is C7H8BBr. The molecule has 0 amide bonds. The van der Waals surface area contributed by atoms with Crippen molar-refractivity contribution in [3.05, 3.63) is 28.2 Å². The molecule has 0 aliphatic rings. The van der Waals surface area contributed by atoms with Gasteiger partial charge in [-0.2, -0.15) is 0 Å². The van der Waals surface area contributed by atoms with Crippen LogP contribution in [0.1, 0.15) is 5.56 Å². The number of benzene rings is 1. The van der Waals surface area contributed by atoms with Gasteiger partial charge in [-0.3, -0.25) is 0 Å². The van der Waals surface area contributed by atoms with Crippen molar-refractivity contribution >= 4 is 29.2 Å². The third-order valence-corrected chi connectivity index (χ3v) is 2.18. The van der Waals surface area contributed by atoms with Gasteiger partial charge in [-0.15, -0.1) is 0 Å². The molecule has 0 N–H and O–H groups in total. The Balaban J connectivity index is 3.17. The number of halogens is 1. The lowest BCUT2D eigenvalue weighted by Crippen LogP contribution is -2.00. The molecule has 2 heteroatoms. The quantitative estimate of drug-likeness (QED) is 0.526. The van der Waals surface area contributed by atoms with Crippen molar-refractivity contribution in [2.45, 2.75) is 6.92 Å². The average molecular weight is 183 g/mol. The molecule has 1 aromatic rings. The van der Waals surface area contributed by atoms with Gasteiger partial charge in [-0.05, 0) is 12.5 Å². The standard InChI is InChI=1S/C7H8BBr/c1-5-2-3-6(8)4-7(5)9/h2-4H,8H2,1H3. The van der Waals surface area contributed by atoms with Crippen LogP contribution in [0.15, 0.2) is 22.7 Å². The maximum absolute atomic E-state index is 3.45. The summed E-state index contributed by atoms with van der Waals surface area (Å²) in [5, 5.41) is 0. The van der Waals surface area contributed by atoms with Crippen LogP contribution in [0.4, 0.5) is 0 Å². The lowest BCUT2D eigenvalue weighted by molar-refractivity contribution is 1.45. The smallest absolute Gasteiger partial charge is 0.0878 e. The maximum atomic E-state index is 3.45. The van der Waals surface area contributed by atoms with Gasteiger partial charge in [0.15, 0.2) is 0 Å². The molecule has 0 radical (unpaired) electrons. The molecule has 1 rings (SSSR count). The first kappa shape index (κ1) is 6.88. The predicted octanol–water partition coefficient (Wildman–Crippen LogP) is 1.02. The van der Waals surface area contributed by atoms with Crippen LogP contribution in [0.3, 0.4) is 0 Å². The van der Waals surface area contributed by atoms with Gasteiger partial charge < -0.3 is 0 Å². The molecule has 0 spiro atoms. The Morgan fingerprint density at radius 3 is 2.56 bits per heavy atom. The summed E-state index contributed by atoms with van der Waals surface area (Å²) in [6.45, 7) is 2.09. The molecule has 0 saturated carbocycles. The Morgan fingerprint density at radius 2 is 2.11 bits per heavy atom. The molecule has 0 saturated heterocycles. The van der Waals surface area contributed by atoms with Gasteiger partial charge in [0.05, 0.1) is 0 Å². The van der Waals surface area contributed by atoms with Crippen LogP contribution in [-0.2, 0) is 0 Å². The van der Waals surface area contributed by atoms with E-state index in [2.05, 4.69) is 48.9 Å². The summed E-state index contributed by atoms with van der Waals surface area (Å²) in [7, 11) is 2.09. The third-order valence-electron chi connectivity index (χ3n) is 1.33. The highest BCUT2D eigenvalue weighted by Gasteiger charge is 1.90. The summed E-state index contributed by atoms with van der Waals surface area (Å²) >= 11 is 3.45. The Morgan fingerprint density at radius 1 is 1.44 bits per heavy atom. The van der Waals surface area contributed by atoms with Crippen LogP contribution in [-0.4, -0.2) is 7.85 Å². The molecule has 9 heavy (non-hydrogen) atoms. The zero-order chi connectivity index (χ0) is 6.85. The van der Waals surface area contributed by atoms with Crippen molar-refractivity contribution in [2.24, 2.45) is 0 Å². The normalized spacial score (nSPS) is 9.56. The van der Waals surface area contributed by atoms with E-state index in [0.29, 0.717) is 0 Å². The zero-order valence-corrected chi connectivity index (χ0v) is 7.20. The number of hydrogen-bond acceptors (Lipinski definition) is 0. The van der Waals surface area contributed by atoms with Gasteiger partial charge >= 0.3 is 0 Å². The summed E-state index contributed by atoms with van der Waals surface area (Å²) in [5.74, 6) is 0. The summed E-state index contributed by atoms with van der Waals surface area (Å²) in [4.78, 5) is 0. The van der Waals surface area contributed by atoms with Gasteiger partial charge in [0.1, 0.15) is 7.85 Å². The minimum atomic E-state index is 1.20. The van der Waals surface area contributed by atoms with Gasteiger partial charge in [0.25, 0.3) is 0 Å². The minimum Gasteiger partial charge on any atom is -0.0878 e. The largest absolute Gasteiger partial charge is 0.139 e. The lowest BCUT2D eigenvalue weighted by atomic mass is 9.96. The molecule has 0 nitrogen and oxygen atoms in total. The molecule has 46 valence electrons. The first-order chi connectivity index (χ1) is 4.20. The topological polar surface area (TPSA) is 0 Å². The molecule has 1 aromatic carbocycles. The van der Waals surface area contributed by atoms with Gasteiger partial charge in [0.2, 0.25) is 0 Å². The van der Waals surface area contributed by atoms with Crippen molar-refractivity contribution in [3.63, 3.8) is 0 Å². The molecule has 0 atom stereocenters. The predicted molar refractivity (Wildman–Crippen MR) is 47.1 cm³/mol. The summed E-state index contributed by atoms with van der Waals surface area (Å²) in [6, 6.07) is 6.34. The van der Waals surface area contributed by atoms with E-state index in [0.717, 1.165) is 0 Å². The highest BCUT2D eigenvalue weighted by atomic mass is 79.9. The van der Waals surface area contributed by atoms with Crippen molar-refractivity contribution < 1.29 is 0 Å². The minimum absolute atomic E-state index is 1.20. The number of aryl methyl sites for hydroxylation is 1. The Kier molecular flexibility index (Phi) is 1.96. The van der Waals surface area contributed by atoms with E-state index in [1.807, 2.05) is 0 Å². The van der Waals surface area contributed by atoms with Crippen molar-refractivity contribution in [3.8, 4) is 0 Å². The zero-order valence-electron chi connectivity index (χ0n) is 5.61. The molecule has 0 aliphatic heterocycles. The van der Waals surface area contributed by atoms with E-state index in [1.54, 1.807) is 0 Å². The molecular weight excluding hydrogens is 175 g/mol. The fraction of sp³-hybridized carbons (Fsp3) is 0.143. The molecule has 0 heterocycles. The summed E-state index contributed by atoms with van der Waals surface area (Å²) in [5.41, 5.74) is 2.59. The molecule has 0 unspecified atom stereocenters. The van der Waals surface area contributed by atoms with Crippen molar-refractivity contribution in [1.82, 2.24) is 0 Å². The fourth-order valence-electron chi connectivity index (χ4n) is 0.698. The lowest BCUT2D eigenvalue weighted by Gasteiger charge is -1.96. The molecule has 0 aliphatic carbocycles. The van der Waals surface area contributed by atoms with E-state index >= 15 is 0 Å². The second-order valence-corrected chi connectivity index (χ2v) is 3.11. The van der Waals surface area contributed by atoms with Crippen molar-refractivity contribution in [1.29, 1.82) is 0 Å². The van der Waals surface area contributed by atoms with Crippen LogP contribution >= 0.6 is 15.9 Å². The fourth-order valence-corrected chi connectivity index (χ4v) is 1.19. The van der Waals surface area contributed by atoms with Crippen molar-refractivity contribution in [2.75, 3.05) is 0 Å². The van der Waals surface area contributed by atoms with E-state index in [4.69, 9.17) is 0 Å². The van der Waals surface area contributed by atoms with Crippen LogP contribution in [0, 0.1) is 6.92 Å². The highest BCUT2D eigenvalue weighted by molar-refractivity contribution is 9.10. The highest BCUT2D eigenvalue weighted by Crippen LogP contribution is 2.11. The maximum Gasteiger partial charge on any atom is 0.139 e. The third kappa shape index (κ3) is 1.58. The SMILES string of the molecule is Bc1ccc(C)c(Br)c1. The molecule has 0 bridgehead atoms. The van der Waals surface area contributed by atoms with Crippen LogP contribution in [0.5, 0.6) is 0 Å². The number of hydrogen-bond donors (Lipinski definition) is 0. The second-order valence-electron chi connectivity index (χ2n) is 2.25. The number of rotatable bonds is 0. The monoisotopic (exact) mass is 182 g/mol. The Labute approximate surface area is 64.8 Å². The summed E-state index contributed by atoms with van der Waals surface area (Å²) in [6.07, 6.45) is 0. The van der Waals surface area contributed by atoms with Gasteiger partial charge in [-0.25, -0.2) is 0 Å². The van der Waals surface area contributed by atoms with E-state index in [-0.39, 0.29) is 0 Å². The van der Waals surface area contributed by atoms with E-state index in [1.165, 1.54) is 15.5 Å². The van der Waals surface area contributed by atoms with Gasteiger partial charge in [0, 0.05) is 4.47 Å². The average Bonchev–Trinajstić information content (AvgIpc) is 1.80. The van der Waals surface area contributed by atoms with Crippen LogP contribution in [0.25, 0.3) is 0 Å². The Bertz CT molecular complexity index is 220. The second kappa shape index (κ2) is 2.57. The Hall–Kier alpha value is -0.235. The van der Waals surface area contributed by atoms with Crippen LogP contribution in [0.2, 0.25) is 0 Å². The van der Waals surface area contributed by atoms with Crippen LogP contribution < -0.4 is 5.46 Å². The van der Waals surface area contributed by atoms with E-state index in [9.17, 15) is 0 Å². The van der Waals surface area contributed by atoms with E-state index < -0.39 is 0 Å². The first-order valence-corrected chi connectivity index (χ1v) is 3.72. The molecule has 0 aromatic heterocycles. The van der Waals surface area contributed by atoms with Gasteiger partial charge in [-0.1, -0.05) is 39.6 Å². The summed E-state index contributed by atoms with van der Waals surface area (Å²) < 4.78 is 1.20. The molecule has 0 fully saturated rings.